The zero-order valence-electron chi connectivity index (χ0n) is 8.55. The highest BCUT2D eigenvalue weighted by Crippen LogP contribution is 2.27. The summed E-state index contributed by atoms with van der Waals surface area (Å²) in [5, 5.41) is 2.89. The van der Waals surface area contributed by atoms with E-state index in [0.29, 0.717) is 5.92 Å². The standard InChI is InChI=1S/C10H20N2O/c1-7(2)5-9(11)10(13)12-6-8-3-4-8/h7-9H,3-6,11H2,1-2H3,(H,12,13)/t9-/m1/s1. The van der Waals surface area contributed by atoms with E-state index in [0.717, 1.165) is 18.9 Å². The van der Waals surface area contributed by atoms with Gasteiger partial charge in [0.25, 0.3) is 0 Å². The van der Waals surface area contributed by atoms with Crippen LogP contribution in [-0.2, 0) is 4.79 Å². The smallest absolute Gasteiger partial charge is 0.236 e. The van der Waals surface area contributed by atoms with Gasteiger partial charge < -0.3 is 11.1 Å². The van der Waals surface area contributed by atoms with Crippen molar-refractivity contribution in [2.45, 2.75) is 39.2 Å². The first kappa shape index (κ1) is 10.5. The van der Waals surface area contributed by atoms with E-state index < -0.39 is 0 Å². The van der Waals surface area contributed by atoms with Crippen molar-refractivity contribution in [2.24, 2.45) is 17.6 Å². The van der Waals surface area contributed by atoms with Crippen molar-refractivity contribution < 1.29 is 4.79 Å². The molecule has 3 nitrogen and oxygen atoms in total. The Balaban J connectivity index is 2.12. The SMILES string of the molecule is CC(C)C[C@@H](N)C(=O)NCC1CC1. The first-order valence-electron chi connectivity index (χ1n) is 5.13. The van der Waals surface area contributed by atoms with Crippen LogP contribution in [0, 0.1) is 11.8 Å². The predicted octanol–water partition coefficient (Wildman–Crippen LogP) is 0.886. The van der Waals surface area contributed by atoms with Gasteiger partial charge >= 0.3 is 0 Å². The van der Waals surface area contributed by atoms with E-state index in [2.05, 4.69) is 19.2 Å². The highest BCUT2D eigenvalue weighted by molar-refractivity contribution is 5.81. The lowest BCUT2D eigenvalue weighted by Gasteiger charge is -2.13. The lowest BCUT2D eigenvalue weighted by molar-refractivity contribution is -0.122. The minimum Gasteiger partial charge on any atom is -0.354 e. The molecule has 0 radical (unpaired) electrons. The summed E-state index contributed by atoms with van der Waals surface area (Å²) >= 11 is 0. The molecule has 1 atom stereocenters. The zero-order chi connectivity index (χ0) is 9.84. The maximum Gasteiger partial charge on any atom is 0.236 e. The van der Waals surface area contributed by atoms with E-state index in [1.807, 2.05) is 0 Å². The molecule has 1 amide bonds. The second kappa shape index (κ2) is 4.61. The van der Waals surface area contributed by atoms with Crippen LogP contribution in [0.25, 0.3) is 0 Å². The van der Waals surface area contributed by atoms with E-state index in [9.17, 15) is 4.79 Å². The monoisotopic (exact) mass is 184 g/mol. The summed E-state index contributed by atoms with van der Waals surface area (Å²) < 4.78 is 0. The number of nitrogens with one attached hydrogen (secondary N) is 1. The van der Waals surface area contributed by atoms with Crippen molar-refractivity contribution in [1.82, 2.24) is 5.32 Å². The third-order valence-electron chi connectivity index (χ3n) is 2.32. The number of carbonyl (C=O) groups excluding carboxylic acids is 1. The number of amides is 1. The van der Waals surface area contributed by atoms with Gasteiger partial charge in [0, 0.05) is 6.54 Å². The number of hydrogen-bond acceptors (Lipinski definition) is 2. The highest BCUT2D eigenvalue weighted by atomic mass is 16.2. The number of carbonyl (C=O) groups is 1. The Bertz CT molecular complexity index is 176. The molecule has 76 valence electrons. The van der Waals surface area contributed by atoms with E-state index in [1.54, 1.807) is 0 Å². The van der Waals surface area contributed by atoms with Gasteiger partial charge in [0.15, 0.2) is 0 Å². The minimum atomic E-state index is -0.321. The molecule has 0 aromatic carbocycles. The molecule has 1 rings (SSSR count). The molecule has 0 bridgehead atoms. The molecule has 1 saturated carbocycles. The predicted molar refractivity (Wildman–Crippen MR) is 53.2 cm³/mol. The summed E-state index contributed by atoms with van der Waals surface area (Å²) in [7, 11) is 0. The van der Waals surface area contributed by atoms with Crippen LogP contribution in [0.1, 0.15) is 33.1 Å². The van der Waals surface area contributed by atoms with Gasteiger partial charge in [0.2, 0.25) is 5.91 Å². The lowest BCUT2D eigenvalue weighted by Crippen LogP contribution is -2.42. The van der Waals surface area contributed by atoms with E-state index in [1.165, 1.54) is 12.8 Å². The molecule has 13 heavy (non-hydrogen) atoms. The topological polar surface area (TPSA) is 55.1 Å². The lowest BCUT2D eigenvalue weighted by atomic mass is 10.0. The molecular formula is C10H20N2O. The molecule has 0 unspecified atom stereocenters. The fourth-order valence-electron chi connectivity index (χ4n) is 1.31. The van der Waals surface area contributed by atoms with Crippen LogP contribution in [-0.4, -0.2) is 18.5 Å². The second-order valence-electron chi connectivity index (χ2n) is 4.42. The first-order valence-corrected chi connectivity index (χ1v) is 5.13. The van der Waals surface area contributed by atoms with E-state index >= 15 is 0 Å². The summed E-state index contributed by atoms with van der Waals surface area (Å²) in [6.07, 6.45) is 3.30. The second-order valence-corrected chi connectivity index (χ2v) is 4.42. The fraction of sp³-hybridized carbons (Fsp3) is 0.900. The Kier molecular flexibility index (Phi) is 3.72. The molecule has 1 fully saturated rings. The van der Waals surface area contributed by atoms with Crippen LogP contribution < -0.4 is 11.1 Å². The van der Waals surface area contributed by atoms with Crippen LogP contribution in [0.4, 0.5) is 0 Å². The highest BCUT2D eigenvalue weighted by Gasteiger charge is 2.23. The largest absolute Gasteiger partial charge is 0.354 e. The number of hydrogen-bond donors (Lipinski definition) is 2. The Morgan fingerprint density at radius 1 is 1.54 bits per heavy atom. The summed E-state index contributed by atoms with van der Waals surface area (Å²) in [6.45, 7) is 4.98. The first-order chi connectivity index (χ1) is 6.09. The van der Waals surface area contributed by atoms with Crippen LogP contribution >= 0.6 is 0 Å². The third kappa shape index (κ3) is 4.27. The molecule has 0 saturated heterocycles. The molecule has 3 heteroatoms. The minimum absolute atomic E-state index is 0.0144. The Morgan fingerprint density at radius 2 is 2.15 bits per heavy atom. The summed E-state index contributed by atoms with van der Waals surface area (Å²) in [5.41, 5.74) is 5.71. The van der Waals surface area contributed by atoms with Gasteiger partial charge in [0.1, 0.15) is 0 Å². The van der Waals surface area contributed by atoms with Crippen molar-refractivity contribution in [3.63, 3.8) is 0 Å². The maximum absolute atomic E-state index is 11.4. The van der Waals surface area contributed by atoms with Crippen LogP contribution in [0.15, 0.2) is 0 Å². The van der Waals surface area contributed by atoms with Gasteiger partial charge in [-0.3, -0.25) is 4.79 Å². The maximum atomic E-state index is 11.4. The van der Waals surface area contributed by atoms with Gasteiger partial charge in [-0.25, -0.2) is 0 Å². The summed E-state index contributed by atoms with van der Waals surface area (Å²) in [5.74, 6) is 1.23. The molecule has 1 aliphatic rings. The molecule has 1 aliphatic carbocycles. The molecule has 0 aliphatic heterocycles. The van der Waals surface area contributed by atoms with Crippen molar-refractivity contribution in [3.05, 3.63) is 0 Å². The average Bonchev–Trinajstić information content (AvgIpc) is 2.81. The Hall–Kier alpha value is -0.570. The van der Waals surface area contributed by atoms with E-state index in [-0.39, 0.29) is 11.9 Å². The average molecular weight is 184 g/mol. The molecule has 0 aromatic rings. The van der Waals surface area contributed by atoms with Crippen molar-refractivity contribution in [3.8, 4) is 0 Å². The van der Waals surface area contributed by atoms with Crippen LogP contribution in [0.5, 0.6) is 0 Å². The van der Waals surface area contributed by atoms with Gasteiger partial charge in [-0.15, -0.1) is 0 Å². The summed E-state index contributed by atoms with van der Waals surface area (Å²) in [4.78, 5) is 11.4. The normalized spacial score (nSPS) is 18.8. The van der Waals surface area contributed by atoms with Gasteiger partial charge in [0.05, 0.1) is 6.04 Å². The number of nitrogens with two attached hydrogens (primary N) is 1. The molecule has 0 spiro atoms. The molecule has 0 heterocycles. The molecule has 3 N–H and O–H groups in total. The van der Waals surface area contributed by atoms with Gasteiger partial charge in [-0.05, 0) is 31.1 Å². The quantitative estimate of drug-likeness (QED) is 0.666. The van der Waals surface area contributed by atoms with Gasteiger partial charge in [-0.1, -0.05) is 13.8 Å². The van der Waals surface area contributed by atoms with Crippen molar-refractivity contribution in [2.75, 3.05) is 6.54 Å². The Labute approximate surface area is 80.1 Å². The van der Waals surface area contributed by atoms with Crippen molar-refractivity contribution in [1.29, 1.82) is 0 Å². The Morgan fingerprint density at radius 3 is 2.62 bits per heavy atom. The summed E-state index contributed by atoms with van der Waals surface area (Å²) in [6, 6.07) is -0.321. The van der Waals surface area contributed by atoms with Crippen LogP contribution in [0.2, 0.25) is 0 Å². The van der Waals surface area contributed by atoms with Gasteiger partial charge in [-0.2, -0.15) is 0 Å². The zero-order valence-corrected chi connectivity index (χ0v) is 8.55. The van der Waals surface area contributed by atoms with Crippen LogP contribution in [0.3, 0.4) is 0 Å². The number of rotatable bonds is 5. The molecule has 0 aromatic heterocycles. The third-order valence-corrected chi connectivity index (χ3v) is 2.32. The van der Waals surface area contributed by atoms with Crippen molar-refractivity contribution >= 4 is 5.91 Å². The fourth-order valence-corrected chi connectivity index (χ4v) is 1.31. The molecular weight excluding hydrogens is 164 g/mol. The van der Waals surface area contributed by atoms with E-state index in [4.69, 9.17) is 5.73 Å².